The van der Waals surface area contributed by atoms with Gasteiger partial charge in [0, 0.05) is 13.5 Å². The van der Waals surface area contributed by atoms with Crippen molar-refractivity contribution in [1.29, 1.82) is 0 Å². The van der Waals surface area contributed by atoms with E-state index in [2.05, 4.69) is 21.6 Å². The van der Waals surface area contributed by atoms with Crippen molar-refractivity contribution in [2.24, 2.45) is 10.7 Å². The van der Waals surface area contributed by atoms with Crippen LogP contribution in [0.2, 0.25) is 0 Å². The van der Waals surface area contributed by atoms with Gasteiger partial charge in [0.15, 0.2) is 11.5 Å². The number of rotatable bonds is 4. The second kappa shape index (κ2) is 8.11. The number of ether oxygens (including phenoxy) is 1. The van der Waals surface area contributed by atoms with E-state index >= 15 is 0 Å². The Labute approximate surface area is 172 Å². The summed E-state index contributed by atoms with van der Waals surface area (Å²) >= 11 is 0. The molecule has 0 spiro atoms. The molecule has 8 heteroatoms. The lowest BCUT2D eigenvalue weighted by atomic mass is 9.81. The summed E-state index contributed by atoms with van der Waals surface area (Å²) in [7, 11) is 1.48. The SMILES string of the molecule is CCC#Cc1cc([C@]2(c3ccc(OC(F)F)c(C)c3)N=C(N)N(C)C2=O)ccc1F. The molecule has 1 atom stereocenters. The van der Waals surface area contributed by atoms with Crippen LogP contribution in [0.15, 0.2) is 41.4 Å². The molecule has 1 aliphatic rings. The van der Waals surface area contributed by atoms with Gasteiger partial charge in [-0.2, -0.15) is 8.78 Å². The van der Waals surface area contributed by atoms with E-state index in [0.717, 1.165) is 0 Å². The van der Waals surface area contributed by atoms with Crippen LogP contribution in [-0.4, -0.2) is 30.4 Å². The highest BCUT2D eigenvalue weighted by atomic mass is 19.3. The maximum atomic E-state index is 14.3. The summed E-state index contributed by atoms with van der Waals surface area (Å²) < 4.78 is 44.0. The molecule has 0 aliphatic carbocycles. The predicted molar refractivity (Wildman–Crippen MR) is 107 cm³/mol. The largest absolute Gasteiger partial charge is 0.435 e. The summed E-state index contributed by atoms with van der Waals surface area (Å²) in [6, 6.07) is 8.47. The Morgan fingerprint density at radius 1 is 1.23 bits per heavy atom. The maximum Gasteiger partial charge on any atom is 0.387 e. The average Bonchev–Trinajstić information content (AvgIpc) is 2.93. The zero-order valence-electron chi connectivity index (χ0n) is 16.7. The van der Waals surface area contributed by atoms with E-state index in [1.165, 1.54) is 48.3 Å². The number of benzene rings is 2. The number of aliphatic imine (C=N–C) groups is 1. The molecule has 0 saturated carbocycles. The molecule has 30 heavy (non-hydrogen) atoms. The van der Waals surface area contributed by atoms with Crippen molar-refractivity contribution in [3.63, 3.8) is 0 Å². The number of amides is 1. The number of hydrogen-bond acceptors (Lipinski definition) is 4. The number of aryl methyl sites for hydroxylation is 1. The van der Waals surface area contributed by atoms with Crippen molar-refractivity contribution < 1.29 is 22.7 Å². The van der Waals surface area contributed by atoms with Crippen LogP contribution < -0.4 is 10.5 Å². The highest BCUT2D eigenvalue weighted by Crippen LogP contribution is 2.41. The number of carbonyl (C=O) groups excluding carboxylic acids is 1. The summed E-state index contributed by atoms with van der Waals surface area (Å²) in [5.74, 6) is 4.53. The van der Waals surface area contributed by atoms with Crippen molar-refractivity contribution in [1.82, 2.24) is 4.90 Å². The van der Waals surface area contributed by atoms with Gasteiger partial charge < -0.3 is 10.5 Å². The second-order valence-corrected chi connectivity index (χ2v) is 6.75. The van der Waals surface area contributed by atoms with Gasteiger partial charge in [-0.05, 0) is 47.9 Å². The molecule has 1 heterocycles. The van der Waals surface area contributed by atoms with Crippen molar-refractivity contribution in [2.45, 2.75) is 32.4 Å². The minimum Gasteiger partial charge on any atom is -0.435 e. The Balaban J connectivity index is 2.23. The minimum atomic E-state index is -2.98. The second-order valence-electron chi connectivity index (χ2n) is 6.75. The first-order chi connectivity index (χ1) is 14.2. The molecule has 156 valence electrons. The maximum absolute atomic E-state index is 14.3. The Kier molecular flexibility index (Phi) is 5.74. The Morgan fingerprint density at radius 3 is 2.47 bits per heavy atom. The lowest BCUT2D eigenvalue weighted by Crippen LogP contribution is -2.41. The molecule has 0 radical (unpaired) electrons. The van der Waals surface area contributed by atoms with Crippen molar-refractivity contribution >= 4 is 11.9 Å². The fourth-order valence-electron chi connectivity index (χ4n) is 3.32. The van der Waals surface area contributed by atoms with E-state index in [9.17, 15) is 18.0 Å². The van der Waals surface area contributed by atoms with Gasteiger partial charge in [0.25, 0.3) is 5.91 Å². The average molecular weight is 415 g/mol. The Morgan fingerprint density at radius 2 is 1.90 bits per heavy atom. The highest BCUT2D eigenvalue weighted by Gasteiger charge is 2.49. The summed E-state index contributed by atoms with van der Waals surface area (Å²) in [6.07, 6.45) is 0.534. The zero-order chi connectivity index (χ0) is 22.1. The summed E-state index contributed by atoms with van der Waals surface area (Å²) in [5, 5.41) is 0. The lowest BCUT2D eigenvalue weighted by Gasteiger charge is -2.27. The molecule has 3 rings (SSSR count). The molecule has 2 N–H and O–H groups in total. The van der Waals surface area contributed by atoms with Crippen molar-refractivity contribution in [3.8, 4) is 17.6 Å². The third kappa shape index (κ3) is 3.59. The number of nitrogens with two attached hydrogens (primary N) is 1. The Hall–Kier alpha value is -3.47. The first-order valence-corrected chi connectivity index (χ1v) is 9.19. The molecule has 2 aromatic rings. The topological polar surface area (TPSA) is 67.9 Å². The zero-order valence-corrected chi connectivity index (χ0v) is 16.7. The van der Waals surface area contributed by atoms with Gasteiger partial charge in [-0.25, -0.2) is 9.38 Å². The molecule has 0 unspecified atom stereocenters. The van der Waals surface area contributed by atoms with Crippen molar-refractivity contribution in [3.05, 3.63) is 64.5 Å². The number of guanidine groups is 1. The molecular weight excluding hydrogens is 395 g/mol. The van der Waals surface area contributed by atoms with Crippen LogP contribution in [0.5, 0.6) is 5.75 Å². The molecule has 0 bridgehead atoms. The monoisotopic (exact) mass is 415 g/mol. The molecule has 5 nitrogen and oxygen atoms in total. The number of nitrogens with zero attached hydrogens (tertiary/aromatic N) is 2. The standard InChI is InChI=1S/C22H20F3N3O2/c1-4-5-6-14-12-16(7-9-17(14)23)22(19(29)28(3)21(26)27-22)15-8-10-18(13(2)11-15)30-20(24)25/h7-12,20H,4H2,1-3H3,(H2,26,27)/t22-/m0/s1. The van der Waals surface area contributed by atoms with Gasteiger partial charge in [0.1, 0.15) is 11.6 Å². The summed E-state index contributed by atoms with van der Waals surface area (Å²) in [6.45, 7) is 0.435. The Bertz CT molecular complexity index is 1090. The van der Waals surface area contributed by atoms with Gasteiger partial charge in [0.05, 0.1) is 5.56 Å². The van der Waals surface area contributed by atoms with E-state index in [-0.39, 0.29) is 17.3 Å². The molecule has 2 aromatic carbocycles. The van der Waals surface area contributed by atoms with Crippen LogP contribution in [0.4, 0.5) is 13.2 Å². The lowest BCUT2D eigenvalue weighted by molar-refractivity contribution is -0.129. The third-order valence-corrected chi connectivity index (χ3v) is 4.83. The van der Waals surface area contributed by atoms with Gasteiger partial charge in [-0.1, -0.05) is 30.9 Å². The molecule has 1 aliphatic heterocycles. The fraction of sp³-hybridized carbons (Fsp3) is 0.273. The van der Waals surface area contributed by atoms with Gasteiger partial charge >= 0.3 is 6.61 Å². The van der Waals surface area contributed by atoms with Gasteiger partial charge in [0.2, 0.25) is 0 Å². The summed E-state index contributed by atoms with van der Waals surface area (Å²) in [4.78, 5) is 18.9. The van der Waals surface area contributed by atoms with Crippen LogP contribution in [0, 0.1) is 24.6 Å². The number of likely N-dealkylation sites (N-methyl/N-ethyl adjacent to an activating group) is 1. The number of carbonyl (C=O) groups is 1. The first-order valence-electron chi connectivity index (χ1n) is 9.19. The summed E-state index contributed by atoms with van der Waals surface area (Å²) in [5.41, 5.74) is 5.60. The van der Waals surface area contributed by atoms with Crippen LogP contribution in [0.1, 0.15) is 35.6 Å². The number of hydrogen-bond donors (Lipinski definition) is 1. The molecular formula is C22H20F3N3O2. The number of halogens is 3. The van der Waals surface area contributed by atoms with Gasteiger partial charge in [-0.15, -0.1) is 0 Å². The normalized spacial score (nSPS) is 18.3. The molecule has 0 aromatic heterocycles. The highest BCUT2D eigenvalue weighted by molar-refractivity contribution is 6.09. The quantitative estimate of drug-likeness (QED) is 0.777. The molecule has 1 amide bonds. The van der Waals surface area contributed by atoms with Crippen LogP contribution in [0.3, 0.4) is 0 Å². The van der Waals surface area contributed by atoms with Crippen LogP contribution >= 0.6 is 0 Å². The van der Waals surface area contributed by atoms with E-state index in [1.807, 2.05) is 6.92 Å². The van der Waals surface area contributed by atoms with E-state index in [1.54, 1.807) is 6.92 Å². The predicted octanol–water partition coefficient (Wildman–Crippen LogP) is 3.53. The van der Waals surface area contributed by atoms with E-state index in [4.69, 9.17) is 5.73 Å². The minimum absolute atomic E-state index is 0.0175. The smallest absolute Gasteiger partial charge is 0.387 e. The third-order valence-electron chi connectivity index (χ3n) is 4.83. The van der Waals surface area contributed by atoms with E-state index in [0.29, 0.717) is 23.1 Å². The van der Waals surface area contributed by atoms with Crippen LogP contribution in [-0.2, 0) is 10.3 Å². The number of alkyl halides is 2. The van der Waals surface area contributed by atoms with Gasteiger partial charge in [-0.3, -0.25) is 9.69 Å². The first kappa shape index (κ1) is 21.2. The van der Waals surface area contributed by atoms with Crippen LogP contribution in [0.25, 0.3) is 0 Å². The fourth-order valence-corrected chi connectivity index (χ4v) is 3.32. The molecule has 0 fully saturated rings. The van der Waals surface area contributed by atoms with E-state index < -0.39 is 23.9 Å². The van der Waals surface area contributed by atoms with Crippen molar-refractivity contribution in [2.75, 3.05) is 7.05 Å². The molecule has 0 saturated heterocycles.